The molecule has 0 aliphatic rings. The lowest BCUT2D eigenvalue weighted by Crippen LogP contribution is -2.48. The van der Waals surface area contributed by atoms with Crippen LogP contribution in [0.15, 0.2) is 16.0 Å². The van der Waals surface area contributed by atoms with Crippen LogP contribution in [0.5, 0.6) is 5.75 Å². The fraction of sp³-hybridized carbons (Fsp3) is 0.609. The van der Waals surface area contributed by atoms with E-state index in [4.69, 9.17) is 20.0 Å². The van der Waals surface area contributed by atoms with Crippen molar-refractivity contribution in [1.29, 1.82) is 0 Å². The summed E-state index contributed by atoms with van der Waals surface area (Å²) in [5, 5.41) is 3.52. The Kier molecular flexibility index (Phi) is 11.0. The normalized spacial score (nSPS) is 13.1. The van der Waals surface area contributed by atoms with Crippen LogP contribution in [0.1, 0.15) is 50.3 Å². The Labute approximate surface area is 213 Å². The zero-order chi connectivity index (χ0) is 27.8. The van der Waals surface area contributed by atoms with Gasteiger partial charge in [0.1, 0.15) is 17.4 Å². The first-order chi connectivity index (χ1) is 16.5. The molecule has 0 radical (unpaired) electrons. The van der Waals surface area contributed by atoms with Crippen LogP contribution < -0.4 is 20.5 Å². The highest BCUT2D eigenvalue weighted by atomic mass is 32.2. The minimum Gasteiger partial charge on any atom is -0.496 e. The molecule has 204 valence electrons. The number of guanidine groups is 1. The van der Waals surface area contributed by atoms with Crippen molar-refractivity contribution in [3.63, 3.8) is 0 Å². The first-order valence-corrected chi connectivity index (χ1v) is 12.8. The van der Waals surface area contributed by atoms with Crippen LogP contribution in [0.25, 0.3) is 0 Å². The number of carbonyl (C=O) groups excluding carboxylic acids is 2. The number of likely N-dealkylation sites (N-methyl/N-ethyl adjacent to an activating group) is 1. The summed E-state index contributed by atoms with van der Waals surface area (Å²) in [4.78, 5) is 33.8. The Morgan fingerprint density at radius 1 is 1.17 bits per heavy atom. The van der Waals surface area contributed by atoms with Crippen molar-refractivity contribution in [2.24, 2.45) is 10.7 Å². The van der Waals surface area contributed by atoms with Gasteiger partial charge in [-0.3, -0.25) is 14.6 Å². The van der Waals surface area contributed by atoms with E-state index in [-0.39, 0.29) is 23.8 Å². The van der Waals surface area contributed by atoms with Crippen molar-refractivity contribution in [1.82, 2.24) is 15.1 Å². The van der Waals surface area contributed by atoms with Crippen molar-refractivity contribution in [3.05, 3.63) is 22.8 Å². The van der Waals surface area contributed by atoms with Crippen LogP contribution in [0.3, 0.4) is 0 Å². The molecule has 36 heavy (non-hydrogen) atoms. The average molecular weight is 530 g/mol. The number of carbonyl (C=O) groups is 2. The number of benzene rings is 1. The van der Waals surface area contributed by atoms with E-state index < -0.39 is 33.7 Å². The van der Waals surface area contributed by atoms with Gasteiger partial charge in [-0.05, 0) is 77.1 Å². The summed E-state index contributed by atoms with van der Waals surface area (Å²) in [6.07, 6.45) is -0.251. The van der Waals surface area contributed by atoms with Crippen LogP contribution in [0, 0.1) is 20.8 Å². The summed E-state index contributed by atoms with van der Waals surface area (Å²) >= 11 is 0. The molecule has 0 saturated heterocycles. The minimum absolute atomic E-state index is 0.102. The average Bonchev–Trinajstić information content (AvgIpc) is 2.75. The first kappa shape index (κ1) is 31.0. The lowest BCUT2D eigenvalue weighted by atomic mass is 10.1. The van der Waals surface area contributed by atoms with Gasteiger partial charge in [-0.2, -0.15) is 0 Å². The van der Waals surface area contributed by atoms with E-state index in [9.17, 15) is 18.0 Å². The van der Waals surface area contributed by atoms with Crippen LogP contribution in [0.2, 0.25) is 0 Å². The summed E-state index contributed by atoms with van der Waals surface area (Å²) in [5.41, 5.74) is 6.86. The van der Waals surface area contributed by atoms with Crippen molar-refractivity contribution in [2.75, 3.05) is 27.8 Å². The van der Waals surface area contributed by atoms with Crippen LogP contribution in [-0.4, -0.2) is 70.9 Å². The summed E-state index contributed by atoms with van der Waals surface area (Å²) < 4.78 is 38.7. The number of methoxy groups -OCH3 is 1. The molecule has 1 aromatic carbocycles. The maximum atomic E-state index is 13.0. The summed E-state index contributed by atoms with van der Waals surface area (Å²) in [6.45, 7) is 10.4. The van der Waals surface area contributed by atoms with Gasteiger partial charge in [0.15, 0.2) is 0 Å². The van der Waals surface area contributed by atoms with Gasteiger partial charge in [0.25, 0.3) is 15.9 Å². The maximum absolute atomic E-state index is 13.0. The molecular formula is C23H39N5O7S. The zero-order valence-corrected chi connectivity index (χ0v) is 23.3. The van der Waals surface area contributed by atoms with E-state index in [1.807, 2.05) is 0 Å². The summed E-state index contributed by atoms with van der Waals surface area (Å²) in [5.74, 6) is -0.185. The fourth-order valence-electron chi connectivity index (χ4n) is 3.38. The molecule has 4 N–H and O–H groups in total. The van der Waals surface area contributed by atoms with Crippen LogP contribution in [-0.2, 0) is 24.4 Å². The highest BCUT2D eigenvalue weighted by Gasteiger charge is 2.27. The van der Waals surface area contributed by atoms with E-state index in [1.54, 1.807) is 47.6 Å². The standard InChI is InChI=1S/C23H39N5O7S/c1-14-13-18(33-8)15(2)16(3)19(14)36(31,32)27-21(24)25-12-10-11-17(20(29)28(7)34-9)26-22(30)35-23(4,5)6/h13,17H,10-12H2,1-9H3,(H,26,30)(H3,24,25,27)/t17-/m1/s1. The van der Waals surface area contributed by atoms with Gasteiger partial charge in [-0.25, -0.2) is 23.0 Å². The number of hydroxylamine groups is 2. The zero-order valence-electron chi connectivity index (χ0n) is 22.5. The predicted molar refractivity (Wildman–Crippen MR) is 136 cm³/mol. The third kappa shape index (κ3) is 8.86. The number of rotatable bonds is 10. The highest BCUT2D eigenvalue weighted by molar-refractivity contribution is 7.90. The van der Waals surface area contributed by atoms with E-state index in [1.165, 1.54) is 21.3 Å². The molecule has 0 saturated carbocycles. The predicted octanol–water partition coefficient (Wildman–Crippen LogP) is 1.91. The Morgan fingerprint density at radius 3 is 2.31 bits per heavy atom. The molecule has 0 unspecified atom stereocenters. The number of nitrogens with one attached hydrogen (secondary N) is 2. The third-order valence-electron chi connectivity index (χ3n) is 5.21. The van der Waals surface area contributed by atoms with E-state index >= 15 is 0 Å². The molecule has 13 heteroatoms. The molecule has 1 rings (SSSR count). The number of nitrogens with zero attached hydrogens (tertiary/aromatic N) is 2. The second kappa shape index (κ2) is 12.8. The minimum atomic E-state index is -4.00. The number of aryl methyl sites for hydroxylation is 1. The number of hydrogen-bond donors (Lipinski definition) is 3. The highest BCUT2D eigenvalue weighted by Crippen LogP contribution is 2.30. The number of sulfonamides is 1. The molecule has 0 aliphatic heterocycles. The van der Waals surface area contributed by atoms with Crippen LogP contribution >= 0.6 is 0 Å². The quantitative estimate of drug-likeness (QED) is 0.179. The number of nitrogens with two attached hydrogens (primary N) is 1. The largest absolute Gasteiger partial charge is 0.496 e. The molecule has 0 fully saturated rings. The summed E-state index contributed by atoms with van der Waals surface area (Å²) in [7, 11) is 0.270. The number of ether oxygens (including phenoxy) is 2. The second-order valence-corrected chi connectivity index (χ2v) is 10.8. The second-order valence-electron chi connectivity index (χ2n) is 9.21. The van der Waals surface area contributed by atoms with Gasteiger partial charge in [0.05, 0.1) is 19.1 Å². The fourth-order valence-corrected chi connectivity index (χ4v) is 4.86. The smallest absolute Gasteiger partial charge is 0.408 e. The number of aliphatic imine (C=N–C) groups is 1. The Morgan fingerprint density at radius 2 is 1.78 bits per heavy atom. The van der Waals surface area contributed by atoms with Gasteiger partial charge < -0.3 is 20.5 Å². The SMILES string of the molecule is COc1cc(C)c(S(=O)(=O)NC(N)=NCCC[C@@H](NC(=O)OC(C)(C)C)C(=O)N(C)OC)c(C)c1C. The van der Waals surface area contributed by atoms with Crippen molar-refractivity contribution in [3.8, 4) is 5.75 Å². The van der Waals surface area contributed by atoms with Gasteiger partial charge in [-0.1, -0.05) is 0 Å². The van der Waals surface area contributed by atoms with Gasteiger partial charge >= 0.3 is 6.09 Å². The molecule has 0 spiro atoms. The monoisotopic (exact) mass is 529 g/mol. The molecule has 1 aromatic rings. The number of hydrogen-bond acceptors (Lipinski definition) is 8. The Balaban J connectivity index is 2.90. The number of amides is 2. The molecule has 0 aliphatic carbocycles. The van der Waals surface area contributed by atoms with E-state index in [0.29, 0.717) is 28.9 Å². The Bertz CT molecular complexity index is 1080. The molecule has 0 heterocycles. The Hall–Kier alpha value is -3.06. The lowest BCUT2D eigenvalue weighted by molar-refractivity contribution is -0.171. The molecule has 12 nitrogen and oxygen atoms in total. The molecule has 2 amide bonds. The molecule has 0 bridgehead atoms. The topological polar surface area (TPSA) is 162 Å². The summed E-state index contributed by atoms with van der Waals surface area (Å²) in [6, 6.07) is 0.710. The third-order valence-corrected chi connectivity index (χ3v) is 6.86. The molecule has 1 atom stereocenters. The number of alkyl carbamates (subject to hydrolysis) is 1. The van der Waals surface area contributed by atoms with E-state index in [2.05, 4.69) is 15.0 Å². The van der Waals surface area contributed by atoms with Crippen LogP contribution in [0.4, 0.5) is 4.79 Å². The van der Waals surface area contributed by atoms with Gasteiger partial charge in [0, 0.05) is 13.6 Å². The van der Waals surface area contributed by atoms with Crippen molar-refractivity contribution in [2.45, 2.75) is 70.9 Å². The molecule has 0 aromatic heterocycles. The first-order valence-electron chi connectivity index (χ1n) is 11.3. The maximum Gasteiger partial charge on any atom is 0.408 e. The lowest BCUT2D eigenvalue weighted by Gasteiger charge is -2.25. The van der Waals surface area contributed by atoms with Crippen molar-refractivity contribution < 1.29 is 32.3 Å². The van der Waals surface area contributed by atoms with Gasteiger partial charge in [0.2, 0.25) is 5.96 Å². The van der Waals surface area contributed by atoms with E-state index in [0.717, 1.165) is 5.06 Å². The van der Waals surface area contributed by atoms with Crippen molar-refractivity contribution >= 4 is 28.0 Å². The molecular weight excluding hydrogens is 490 g/mol. The van der Waals surface area contributed by atoms with Gasteiger partial charge in [-0.15, -0.1) is 0 Å².